The number of aliphatic hydroxyl groups is 1. The second-order valence-corrected chi connectivity index (χ2v) is 13.4. The molecule has 0 bridgehead atoms. The van der Waals surface area contributed by atoms with E-state index in [4.69, 9.17) is 21.1 Å². The van der Waals surface area contributed by atoms with Crippen LogP contribution in [0.2, 0.25) is 5.02 Å². The number of amides is 3. The lowest BCUT2D eigenvalue weighted by atomic mass is 9.77. The molecule has 4 aliphatic heterocycles. The number of hydrogen-bond donors (Lipinski definition) is 2. The van der Waals surface area contributed by atoms with Crippen molar-refractivity contribution in [3.05, 3.63) is 89.5 Å². The lowest BCUT2D eigenvalue weighted by Crippen LogP contribution is -2.58. The highest BCUT2D eigenvalue weighted by Crippen LogP contribution is 2.54. The Balaban J connectivity index is 1.47. The molecular weight excluding hydrogens is 622 g/mol. The third-order valence-corrected chi connectivity index (χ3v) is 9.82. The average molecular weight is 662 g/mol. The molecule has 0 saturated carbocycles. The molecule has 0 radical (unpaired) electrons. The predicted octanol–water partition coefficient (Wildman–Crippen LogP) is 3.98. The van der Waals surface area contributed by atoms with Crippen molar-refractivity contribution in [2.75, 3.05) is 24.7 Å². The van der Waals surface area contributed by atoms with Gasteiger partial charge in [-0.1, -0.05) is 92.2 Å². The number of ether oxygens (including phenoxy) is 2. The van der Waals surface area contributed by atoms with E-state index in [9.17, 15) is 24.3 Å². The number of para-hydroxylation sites is 1. The molecule has 1 spiro atoms. The number of esters is 1. The normalized spacial score (nSPS) is 30.8. The molecule has 0 unspecified atom stereocenters. The Bertz CT molecular complexity index is 1580. The molecule has 0 aliphatic carbocycles. The third kappa shape index (κ3) is 6.10. The molecule has 248 valence electrons. The van der Waals surface area contributed by atoms with Gasteiger partial charge < -0.3 is 29.7 Å². The Hall–Kier alpha value is -3.99. The Morgan fingerprint density at radius 3 is 2.49 bits per heavy atom. The predicted molar refractivity (Wildman–Crippen MR) is 175 cm³/mol. The summed E-state index contributed by atoms with van der Waals surface area (Å²) in [6.45, 7) is 3.69. The molecule has 2 aromatic carbocycles. The van der Waals surface area contributed by atoms with Crippen molar-refractivity contribution in [3.8, 4) is 0 Å². The first-order valence-electron chi connectivity index (χ1n) is 16.2. The highest BCUT2D eigenvalue weighted by atomic mass is 35.5. The summed E-state index contributed by atoms with van der Waals surface area (Å²) in [6.07, 6.45) is 7.05. The number of allylic oxidation sites excluding steroid dienone is 1. The van der Waals surface area contributed by atoms with E-state index in [-0.39, 0.29) is 32.1 Å². The summed E-state index contributed by atoms with van der Waals surface area (Å²) < 4.78 is 12.3. The van der Waals surface area contributed by atoms with Crippen LogP contribution in [0, 0.1) is 17.8 Å². The highest BCUT2D eigenvalue weighted by Gasteiger charge is 2.72. The number of aliphatic hydroxyl groups excluding tert-OH is 1. The molecular formula is C36H40ClN3O7. The van der Waals surface area contributed by atoms with Gasteiger partial charge in [0.05, 0.1) is 47.3 Å². The fourth-order valence-corrected chi connectivity index (χ4v) is 7.72. The smallest absolute Gasteiger partial charge is 0.306 e. The van der Waals surface area contributed by atoms with Crippen molar-refractivity contribution in [3.63, 3.8) is 0 Å². The summed E-state index contributed by atoms with van der Waals surface area (Å²) in [5, 5.41) is 14.0. The van der Waals surface area contributed by atoms with Gasteiger partial charge in [-0.2, -0.15) is 0 Å². The van der Waals surface area contributed by atoms with E-state index < -0.39 is 65.4 Å². The Morgan fingerprint density at radius 1 is 1.02 bits per heavy atom. The number of rotatable bonds is 6. The fourth-order valence-electron chi connectivity index (χ4n) is 7.48. The number of hydrogen-bond acceptors (Lipinski definition) is 7. The van der Waals surface area contributed by atoms with Gasteiger partial charge in [0, 0.05) is 13.0 Å². The minimum Gasteiger partial charge on any atom is -0.463 e. The van der Waals surface area contributed by atoms with Crippen LogP contribution in [0.15, 0.2) is 78.9 Å². The molecule has 2 fully saturated rings. The number of benzene rings is 2. The van der Waals surface area contributed by atoms with E-state index >= 15 is 0 Å². The Kier molecular flexibility index (Phi) is 9.55. The molecule has 11 heteroatoms. The summed E-state index contributed by atoms with van der Waals surface area (Å²) in [7, 11) is 0. The quantitative estimate of drug-likeness (QED) is 0.354. The van der Waals surface area contributed by atoms with Crippen molar-refractivity contribution in [1.29, 1.82) is 0 Å². The summed E-state index contributed by atoms with van der Waals surface area (Å²) in [5.41, 5.74) is -0.292. The lowest BCUT2D eigenvalue weighted by molar-refractivity contribution is -0.147. The molecule has 47 heavy (non-hydrogen) atoms. The number of carbonyl (C=O) groups is 4. The maximum absolute atomic E-state index is 14.8. The van der Waals surface area contributed by atoms with Crippen molar-refractivity contribution in [1.82, 2.24) is 10.2 Å². The van der Waals surface area contributed by atoms with Gasteiger partial charge in [-0.3, -0.25) is 19.2 Å². The van der Waals surface area contributed by atoms with Crippen LogP contribution in [0.4, 0.5) is 5.69 Å². The summed E-state index contributed by atoms with van der Waals surface area (Å²) >= 11 is 6.57. The van der Waals surface area contributed by atoms with E-state index in [1.807, 2.05) is 44.2 Å². The van der Waals surface area contributed by atoms with Crippen molar-refractivity contribution >= 4 is 41.0 Å². The van der Waals surface area contributed by atoms with E-state index in [1.165, 1.54) is 9.80 Å². The number of nitrogens with zero attached hydrogens (tertiary/aromatic N) is 2. The first-order valence-corrected chi connectivity index (χ1v) is 16.6. The second kappa shape index (κ2) is 13.6. The van der Waals surface area contributed by atoms with Crippen LogP contribution in [-0.2, 0) is 28.7 Å². The van der Waals surface area contributed by atoms with Gasteiger partial charge in [0.1, 0.15) is 18.2 Å². The van der Waals surface area contributed by atoms with Crippen LogP contribution in [0.3, 0.4) is 0 Å². The average Bonchev–Trinajstić information content (AvgIpc) is 3.45. The van der Waals surface area contributed by atoms with Gasteiger partial charge in [0.15, 0.2) is 0 Å². The number of fused-ring (bicyclic) bond motifs is 2. The highest BCUT2D eigenvalue weighted by molar-refractivity contribution is 6.34. The van der Waals surface area contributed by atoms with Crippen LogP contribution in [-0.4, -0.2) is 77.2 Å². The first-order chi connectivity index (χ1) is 22.7. The summed E-state index contributed by atoms with van der Waals surface area (Å²) in [4.78, 5) is 59.5. The van der Waals surface area contributed by atoms with Crippen LogP contribution in [0.5, 0.6) is 0 Å². The molecule has 6 rings (SSSR count). The molecule has 2 saturated heterocycles. The van der Waals surface area contributed by atoms with E-state index in [2.05, 4.69) is 5.32 Å². The van der Waals surface area contributed by atoms with Gasteiger partial charge in [0.25, 0.3) is 5.91 Å². The minimum absolute atomic E-state index is 0.0821. The largest absolute Gasteiger partial charge is 0.463 e. The summed E-state index contributed by atoms with van der Waals surface area (Å²) in [5.74, 6) is -3.69. The topological polar surface area (TPSA) is 125 Å². The fraction of sp³-hybridized carbons (Fsp3) is 0.444. The number of halogens is 1. The van der Waals surface area contributed by atoms with Crippen LogP contribution >= 0.6 is 11.6 Å². The van der Waals surface area contributed by atoms with Gasteiger partial charge >= 0.3 is 5.97 Å². The maximum atomic E-state index is 14.8. The van der Waals surface area contributed by atoms with Crippen molar-refractivity contribution in [2.45, 2.75) is 62.9 Å². The molecule has 4 aliphatic rings. The minimum atomic E-state index is -1.51. The van der Waals surface area contributed by atoms with Crippen molar-refractivity contribution in [2.24, 2.45) is 17.8 Å². The number of nitrogens with one attached hydrogen (secondary N) is 1. The van der Waals surface area contributed by atoms with Gasteiger partial charge in [-0.05, 0) is 36.5 Å². The van der Waals surface area contributed by atoms with Crippen LogP contribution < -0.4 is 10.2 Å². The molecule has 2 aromatic rings. The van der Waals surface area contributed by atoms with Gasteiger partial charge in [0.2, 0.25) is 11.8 Å². The van der Waals surface area contributed by atoms with Crippen LogP contribution in [0.25, 0.3) is 0 Å². The van der Waals surface area contributed by atoms with Gasteiger partial charge in [-0.15, -0.1) is 0 Å². The molecule has 2 N–H and O–H groups in total. The number of likely N-dealkylation sites (tertiary alicyclic amines) is 1. The van der Waals surface area contributed by atoms with E-state index in [1.54, 1.807) is 48.6 Å². The zero-order chi connectivity index (χ0) is 33.3. The number of carbonyl (C=O) groups excluding carboxylic acids is 4. The maximum Gasteiger partial charge on any atom is 0.306 e. The van der Waals surface area contributed by atoms with Crippen molar-refractivity contribution < 1.29 is 33.8 Å². The second-order valence-electron chi connectivity index (χ2n) is 13.0. The third-order valence-electron chi connectivity index (χ3n) is 9.50. The SMILES string of the molecule is CC(C)C[C@H](CO)N1C(=O)[C@@H]2[C@H]3C(=O)N[C@H](c4ccccc4)COC(=O)CC/C=C\[C@H]3O[C@@]23C=CCN(c2ccccc2Cl)C(=O)[C@@H]13. The molecule has 10 nitrogen and oxygen atoms in total. The standard InChI is InChI=1S/C36H40ClN3O7/c1-22(2)19-24(20-41)40-32-35(45)39(27-14-7-6-13-25(27)37)18-10-17-36(32)31(34(40)44)30-28(47-36)15-8-9-16-29(42)46-21-26(38-33(30)43)23-11-4-3-5-12-23/h3-8,10-15,17,22,24,26,28,30-32,41H,9,16,18-21H2,1-2H3,(H,38,43)/b15-8-/t24-,26+,28-,30+,31+,32-,36+/m1/s1. The molecule has 4 heterocycles. The summed E-state index contributed by atoms with van der Waals surface area (Å²) in [6, 6.07) is 13.6. The molecule has 3 amide bonds. The van der Waals surface area contributed by atoms with E-state index in [0.29, 0.717) is 23.6 Å². The molecule has 0 aromatic heterocycles. The lowest BCUT2D eigenvalue weighted by Gasteiger charge is -2.39. The Morgan fingerprint density at radius 2 is 1.77 bits per heavy atom. The van der Waals surface area contributed by atoms with Crippen LogP contribution in [0.1, 0.15) is 44.7 Å². The zero-order valence-corrected chi connectivity index (χ0v) is 27.2. The first kappa shape index (κ1) is 32.9. The number of cyclic esters (lactones) is 1. The monoisotopic (exact) mass is 661 g/mol. The zero-order valence-electron chi connectivity index (χ0n) is 26.5. The molecule has 7 atom stereocenters. The van der Waals surface area contributed by atoms with E-state index in [0.717, 1.165) is 5.56 Å². The van der Waals surface area contributed by atoms with Gasteiger partial charge in [-0.25, -0.2) is 0 Å². The number of anilines is 1. The Labute approximate surface area is 279 Å².